The van der Waals surface area contributed by atoms with Crippen molar-refractivity contribution >= 4 is 37.8 Å². The second-order valence-electron chi connectivity index (χ2n) is 5.62. The van der Waals surface area contributed by atoms with Gasteiger partial charge in [-0.2, -0.15) is 13.2 Å². The lowest BCUT2D eigenvalue weighted by Gasteiger charge is -2.22. The lowest BCUT2D eigenvalue weighted by atomic mass is 9.97. The fourth-order valence-corrected chi connectivity index (χ4v) is 4.24. The molecule has 24 heavy (non-hydrogen) atoms. The van der Waals surface area contributed by atoms with Crippen LogP contribution in [-0.2, 0) is 19.6 Å². The predicted molar refractivity (Wildman–Crippen MR) is 80.4 cm³/mol. The Morgan fingerprint density at radius 2 is 2.00 bits per heavy atom. The third-order valence-corrected chi connectivity index (χ3v) is 5.84. The van der Waals surface area contributed by atoms with Crippen LogP contribution in [0.15, 0.2) is 0 Å². The molecule has 1 aliphatic heterocycles. The minimum absolute atomic E-state index is 0.0135. The Hall–Kier alpha value is -0.880. The zero-order chi connectivity index (χ0) is 18.7. The van der Waals surface area contributed by atoms with E-state index in [1.807, 2.05) is 0 Å². The minimum atomic E-state index is -4.80. The maximum absolute atomic E-state index is 12.6. The molecule has 2 N–H and O–H groups in total. The fourth-order valence-electron chi connectivity index (χ4n) is 2.63. The average Bonchev–Trinajstić information content (AvgIpc) is 2.75. The second-order valence-corrected chi connectivity index (χ2v) is 8.14. The second kappa shape index (κ2) is 8.00. The largest absolute Gasteiger partial charge is 0.464 e. The molecule has 4 unspecified atom stereocenters. The molecule has 12 heteroatoms. The van der Waals surface area contributed by atoms with Crippen molar-refractivity contribution in [1.82, 2.24) is 4.72 Å². The van der Waals surface area contributed by atoms with Crippen LogP contribution in [0.25, 0.3) is 0 Å². The van der Waals surface area contributed by atoms with Crippen LogP contribution in [0.3, 0.4) is 0 Å². The van der Waals surface area contributed by atoms with E-state index in [1.54, 1.807) is 6.92 Å². The molecule has 1 heterocycles. The summed E-state index contributed by atoms with van der Waals surface area (Å²) in [5, 5.41) is 6.48. The van der Waals surface area contributed by atoms with Crippen LogP contribution in [0, 0.1) is 5.92 Å². The van der Waals surface area contributed by atoms with Crippen LogP contribution in [0.2, 0.25) is 0 Å². The highest BCUT2D eigenvalue weighted by atomic mass is 79.9. The normalized spacial score (nSPS) is 26.1. The lowest BCUT2D eigenvalue weighted by Crippen LogP contribution is -2.41. The van der Waals surface area contributed by atoms with Gasteiger partial charge in [-0.05, 0) is 18.8 Å². The fraction of sp³-hybridized carbons (Fsp3) is 0.833. The van der Waals surface area contributed by atoms with Crippen molar-refractivity contribution in [2.75, 3.05) is 5.33 Å². The molecule has 1 aliphatic rings. The molecule has 0 radical (unpaired) electrons. The molecule has 1 rings (SSSR count). The van der Waals surface area contributed by atoms with Crippen molar-refractivity contribution in [3.63, 3.8) is 0 Å². The zero-order valence-corrected chi connectivity index (χ0v) is 14.9. The molecule has 1 fully saturated rings. The van der Waals surface area contributed by atoms with Gasteiger partial charge in [0.05, 0.1) is 23.1 Å². The maximum Gasteiger partial charge on any atom is 0.418 e. The van der Waals surface area contributed by atoms with E-state index in [0.717, 1.165) is 4.72 Å². The van der Waals surface area contributed by atoms with Gasteiger partial charge in [-0.1, -0.05) is 22.9 Å². The summed E-state index contributed by atoms with van der Waals surface area (Å²) in [6.07, 6.45) is -10.5. The SMILES string of the molecule is CC1CC(CC(CC(F)(F)F)S(=O)(=O)NC(=O)O)OC1C(=O)CBr. The summed E-state index contributed by atoms with van der Waals surface area (Å²) in [6.45, 7) is 1.67. The molecule has 7 nitrogen and oxygen atoms in total. The van der Waals surface area contributed by atoms with Crippen molar-refractivity contribution in [2.45, 2.75) is 49.8 Å². The highest BCUT2D eigenvalue weighted by Gasteiger charge is 2.44. The number of carboxylic acid groups (broad SMARTS) is 1. The number of rotatable bonds is 7. The summed E-state index contributed by atoms with van der Waals surface area (Å²) in [5.41, 5.74) is 0. The van der Waals surface area contributed by atoms with Gasteiger partial charge in [-0.3, -0.25) is 4.79 Å². The standard InChI is InChI=1S/C12H17BrF3NO6S/c1-6-2-7(23-10(6)9(18)5-13)3-8(4-12(14,15)16)24(21,22)17-11(19)20/h6-8,10,17H,2-5H2,1H3,(H,19,20). The monoisotopic (exact) mass is 439 g/mol. The summed E-state index contributed by atoms with van der Waals surface area (Å²) in [6, 6.07) is 0. The van der Waals surface area contributed by atoms with Crippen LogP contribution in [0.4, 0.5) is 18.0 Å². The minimum Gasteiger partial charge on any atom is -0.464 e. The Labute approximate surface area is 145 Å². The van der Waals surface area contributed by atoms with E-state index in [-0.39, 0.29) is 23.5 Å². The summed E-state index contributed by atoms with van der Waals surface area (Å²) in [7, 11) is -4.75. The van der Waals surface area contributed by atoms with E-state index in [9.17, 15) is 31.2 Å². The van der Waals surface area contributed by atoms with Crippen LogP contribution < -0.4 is 4.72 Å². The lowest BCUT2D eigenvalue weighted by molar-refractivity contribution is -0.137. The zero-order valence-electron chi connectivity index (χ0n) is 12.5. The molecule has 0 saturated carbocycles. The van der Waals surface area contributed by atoms with E-state index < -0.39 is 52.6 Å². The van der Waals surface area contributed by atoms with Gasteiger partial charge in [0.1, 0.15) is 6.10 Å². The van der Waals surface area contributed by atoms with Gasteiger partial charge in [0.2, 0.25) is 10.0 Å². The summed E-state index contributed by atoms with van der Waals surface area (Å²) in [4.78, 5) is 22.2. The first-order valence-corrected chi connectivity index (χ1v) is 9.58. The molecule has 0 aromatic heterocycles. The highest BCUT2D eigenvalue weighted by molar-refractivity contribution is 9.09. The van der Waals surface area contributed by atoms with Crippen LogP contribution >= 0.6 is 15.9 Å². The maximum atomic E-state index is 12.6. The number of amides is 1. The molecule has 0 aromatic carbocycles. The molecular weight excluding hydrogens is 423 g/mol. The molecule has 4 atom stereocenters. The number of hydrogen-bond donors (Lipinski definition) is 2. The van der Waals surface area contributed by atoms with Gasteiger partial charge in [0, 0.05) is 0 Å². The van der Waals surface area contributed by atoms with Gasteiger partial charge >= 0.3 is 12.3 Å². The first-order valence-electron chi connectivity index (χ1n) is 6.91. The molecule has 0 aromatic rings. The van der Waals surface area contributed by atoms with E-state index in [4.69, 9.17) is 9.84 Å². The first kappa shape index (κ1) is 21.2. The number of halogens is 4. The summed E-state index contributed by atoms with van der Waals surface area (Å²) < 4.78 is 68.1. The van der Waals surface area contributed by atoms with Crippen LogP contribution in [0.1, 0.15) is 26.2 Å². The number of carbonyl (C=O) groups is 2. The number of carbonyl (C=O) groups excluding carboxylic acids is 1. The van der Waals surface area contributed by atoms with Gasteiger partial charge in [0.25, 0.3) is 0 Å². The molecule has 0 spiro atoms. The molecule has 0 bridgehead atoms. The number of nitrogens with one attached hydrogen (secondary N) is 1. The van der Waals surface area contributed by atoms with Crippen molar-refractivity contribution in [3.8, 4) is 0 Å². The number of ketones is 1. The van der Waals surface area contributed by atoms with Crippen LogP contribution in [0.5, 0.6) is 0 Å². The topological polar surface area (TPSA) is 110 Å². The van der Waals surface area contributed by atoms with Crippen molar-refractivity contribution < 1.29 is 41.0 Å². The van der Waals surface area contributed by atoms with Crippen molar-refractivity contribution in [2.24, 2.45) is 5.92 Å². The van der Waals surface area contributed by atoms with E-state index >= 15 is 0 Å². The quantitative estimate of drug-likeness (QED) is 0.587. The number of alkyl halides is 4. The third kappa shape index (κ3) is 6.20. The Balaban J connectivity index is 2.90. The smallest absolute Gasteiger partial charge is 0.418 e. The summed E-state index contributed by atoms with van der Waals surface area (Å²) in [5.74, 6) is -0.564. The molecular formula is C12H17BrF3NO6S. The Morgan fingerprint density at radius 1 is 1.42 bits per heavy atom. The molecule has 1 amide bonds. The molecule has 0 aliphatic carbocycles. The average molecular weight is 440 g/mol. The van der Waals surface area contributed by atoms with Gasteiger partial charge in [0.15, 0.2) is 5.78 Å². The highest BCUT2D eigenvalue weighted by Crippen LogP contribution is 2.34. The van der Waals surface area contributed by atoms with E-state index in [2.05, 4.69) is 15.9 Å². The number of ether oxygens (including phenoxy) is 1. The summed E-state index contributed by atoms with van der Waals surface area (Å²) >= 11 is 2.97. The third-order valence-electron chi connectivity index (χ3n) is 3.59. The van der Waals surface area contributed by atoms with E-state index in [1.165, 1.54) is 0 Å². The molecule has 140 valence electrons. The first-order chi connectivity index (χ1) is 10.9. The Kier molecular flexibility index (Phi) is 7.05. The van der Waals surface area contributed by atoms with Gasteiger partial charge < -0.3 is 9.84 Å². The number of sulfonamides is 1. The van der Waals surface area contributed by atoms with Gasteiger partial charge in [-0.15, -0.1) is 0 Å². The van der Waals surface area contributed by atoms with Crippen molar-refractivity contribution in [1.29, 1.82) is 0 Å². The Bertz CT molecular complexity index is 582. The van der Waals surface area contributed by atoms with E-state index in [0.29, 0.717) is 0 Å². The molecule has 1 saturated heterocycles. The van der Waals surface area contributed by atoms with Crippen LogP contribution in [-0.4, -0.2) is 54.4 Å². The number of hydrogen-bond acceptors (Lipinski definition) is 5. The number of Topliss-reactive ketones (excluding diaryl/α,β-unsaturated/α-hetero) is 1. The van der Waals surface area contributed by atoms with Crippen molar-refractivity contribution in [3.05, 3.63) is 0 Å². The predicted octanol–water partition coefficient (Wildman–Crippen LogP) is 2.05. The van der Waals surface area contributed by atoms with Gasteiger partial charge in [-0.25, -0.2) is 17.9 Å². The Morgan fingerprint density at radius 3 is 2.46 bits per heavy atom.